The van der Waals surface area contributed by atoms with Gasteiger partial charge in [0.15, 0.2) is 0 Å². The predicted molar refractivity (Wildman–Crippen MR) is 125 cm³/mol. The molecule has 4 rings (SSSR count). The van der Waals surface area contributed by atoms with Crippen LogP contribution in [0.3, 0.4) is 0 Å². The maximum absolute atomic E-state index is 14.7. The predicted octanol–water partition coefficient (Wildman–Crippen LogP) is 0.0990. The van der Waals surface area contributed by atoms with Crippen molar-refractivity contribution in [3.63, 3.8) is 0 Å². The fourth-order valence-corrected chi connectivity index (χ4v) is 6.47. The van der Waals surface area contributed by atoms with Crippen molar-refractivity contribution in [3.05, 3.63) is 0 Å². The molecule has 34 heavy (non-hydrogen) atoms. The van der Waals surface area contributed by atoms with Gasteiger partial charge >= 0.3 is 0 Å². The Balaban J connectivity index is 0.00000324. The summed E-state index contributed by atoms with van der Waals surface area (Å²) in [5, 5.41) is 5.42. The molecule has 0 aromatic rings. The van der Waals surface area contributed by atoms with E-state index >= 15 is 0 Å². The molecule has 192 valence electrons. The van der Waals surface area contributed by atoms with Crippen LogP contribution in [0.15, 0.2) is 0 Å². The molecule has 4 amide bonds. The molecule has 2 aliphatic heterocycles. The van der Waals surface area contributed by atoms with Crippen LogP contribution in [0, 0.1) is 35.0 Å². The molecule has 6 unspecified atom stereocenters. The Morgan fingerprint density at radius 1 is 1.24 bits per heavy atom. The Hall–Kier alpha value is -1.94. The van der Waals surface area contributed by atoms with Crippen LogP contribution in [0.4, 0.5) is 4.39 Å². The minimum atomic E-state index is -1.04. The van der Waals surface area contributed by atoms with Crippen LogP contribution >= 0.6 is 12.4 Å². The number of alkyl halides is 1. The van der Waals surface area contributed by atoms with Crippen LogP contribution in [0.5, 0.6) is 0 Å². The van der Waals surface area contributed by atoms with Gasteiger partial charge in [0.05, 0.1) is 6.04 Å². The van der Waals surface area contributed by atoms with Gasteiger partial charge in [-0.1, -0.05) is 20.8 Å². The molecule has 2 heterocycles. The van der Waals surface area contributed by atoms with E-state index in [9.17, 15) is 23.6 Å². The fourth-order valence-electron chi connectivity index (χ4n) is 6.47. The minimum absolute atomic E-state index is 0. The van der Waals surface area contributed by atoms with E-state index in [-0.39, 0.29) is 54.3 Å². The highest BCUT2D eigenvalue weighted by Crippen LogP contribution is 2.58. The molecule has 0 spiro atoms. The largest absolute Gasteiger partial charge is 0.368 e. The smallest absolute Gasteiger partial charge is 0.243 e. The number of carbonyl (C=O) groups excluding carboxylic acids is 4. The first-order chi connectivity index (χ1) is 15.4. The number of fused-ring (bicyclic) bond motifs is 5. The Morgan fingerprint density at radius 3 is 2.47 bits per heavy atom. The first kappa shape index (κ1) is 26.7. The Labute approximate surface area is 205 Å². The summed E-state index contributed by atoms with van der Waals surface area (Å²) in [5.74, 6) is -2.58. The molecule has 2 saturated heterocycles. The monoisotopic (exact) mass is 501 g/mol. The molecule has 2 aliphatic carbocycles. The van der Waals surface area contributed by atoms with Crippen molar-refractivity contribution >= 4 is 36.0 Å². The topological polar surface area (TPSA) is 148 Å². The van der Waals surface area contributed by atoms with Crippen molar-refractivity contribution in [1.82, 2.24) is 15.5 Å². The Morgan fingerprint density at radius 2 is 1.91 bits per heavy atom. The summed E-state index contributed by atoms with van der Waals surface area (Å²) in [7, 11) is 0. The van der Waals surface area contributed by atoms with E-state index in [1.54, 1.807) is 0 Å². The number of hydrogen-bond acceptors (Lipinski definition) is 5. The van der Waals surface area contributed by atoms with E-state index in [1.165, 1.54) is 4.90 Å². The number of nitrogens with two attached hydrogens (primary N) is 2. The molecule has 2 saturated carbocycles. The lowest BCUT2D eigenvalue weighted by molar-refractivity contribution is -0.143. The highest BCUT2D eigenvalue weighted by atomic mass is 35.5. The number of rotatable bonds is 6. The van der Waals surface area contributed by atoms with Gasteiger partial charge in [0.1, 0.15) is 18.3 Å². The van der Waals surface area contributed by atoms with Gasteiger partial charge in [-0.25, -0.2) is 4.39 Å². The van der Waals surface area contributed by atoms with Gasteiger partial charge in [0.25, 0.3) is 0 Å². The normalized spacial score (nSPS) is 35.9. The van der Waals surface area contributed by atoms with E-state index in [4.69, 9.17) is 11.5 Å². The molecular formula is C23H37ClFN5O4. The molecule has 11 heteroatoms. The van der Waals surface area contributed by atoms with Gasteiger partial charge in [-0.2, -0.15) is 0 Å². The molecule has 0 radical (unpaired) electrons. The number of primary amides is 1. The zero-order valence-corrected chi connectivity index (χ0v) is 20.8. The van der Waals surface area contributed by atoms with Gasteiger partial charge in [-0.05, 0) is 54.8 Å². The number of amides is 4. The number of nitrogens with one attached hydrogen (secondary N) is 2. The fraction of sp³-hybridized carbons (Fsp3) is 0.826. The summed E-state index contributed by atoms with van der Waals surface area (Å²) in [6.07, 6.45) is 0.849. The maximum atomic E-state index is 14.7. The number of nitrogens with zero attached hydrogens (tertiary/aromatic N) is 1. The van der Waals surface area contributed by atoms with Gasteiger partial charge in [0, 0.05) is 19.0 Å². The lowest BCUT2D eigenvalue weighted by atomic mass is 9.77. The van der Waals surface area contributed by atoms with Gasteiger partial charge in [0.2, 0.25) is 23.6 Å². The van der Waals surface area contributed by atoms with Crippen LogP contribution in [0.25, 0.3) is 0 Å². The number of hydrogen-bond donors (Lipinski definition) is 4. The molecule has 0 aromatic heterocycles. The van der Waals surface area contributed by atoms with Crippen LogP contribution in [0.2, 0.25) is 0 Å². The summed E-state index contributed by atoms with van der Waals surface area (Å²) in [6.45, 7) is 6.46. The van der Waals surface area contributed by atoms with Crippen LogP contribution < -0.4 is 22.1 Å². The van der Waals surface area contributed by atoms with Crippen LogP contribution in [-0.4, -0.2) is 65.9 Å². The number of likely N-dealkylation sites (tertiary alicyclic amines) is 1. The molecule has 4 fully saturated rings. The van der Waals surface area contributed by atoms with Gasteiger partial charge in [-0.15, -0.1) is 12.4 Å². The van der Waals surface area contributed by atoms with Gasteiger partial charge < -0.3 is 27.0 Å². The Bertz CT molecular complexity index is 852. The molecule has 9 atom stereocenters. The van der Waals surface area contributed by atoms with Crippen molar-refractivity contribution in [1.29, 1.82) is 0 Å². The van der Waals surface area contributed by atoms with E-state index in [0.29, 0.717) is 25.9 Å². The molecule has 9 nitrogen and oxygen atoms in total. The zero-order valence-electron chi connectivity index (χ0n) is 20.0. The van der Waals surface area contributed by atoms with Crippen molar-refractivity contribution in [3.8, 4) is 0 Å². The highest BCUT2D eigenvalue weighted by molar-refractivity contribution is 5.94. The van der Waals surface area contributed by atoms with Crippen molar-refractivity contribution in [2.45, 2.75) is 70.8 Å². The molecule has 0 aromatic carbocycles. The Kier molecular flexibility index (Phi) is 7.53. The average molecular weight is 502 g/mol. The first-order valence-electron chi connectivity index (χ1n) is 12.0. The quantitative estimate of drug-likeness (QED) is 0.407. The molecule has 6 N–H and O–H groups in total. The number of halogens is 2. The highest BCUT2D eigenvalue weighted by Gasteiger charge is 2.63. The van der Waals surface area contributed by atoms with Gasteiger partial charge in [-0.3, -0.25) is 19.2 Å². The van der Waals surface area contributed by atoms with E-state index in [0.717, 1.165) is 6.42 Å². The van der Waals surface area contributed by atoms with E-state index < -0.39 is 47.4 Å². The van der Waals surface area contributed by atoms with E-state index in [2.05, 4.69) is 10.6 Å². The standard InChI is InChI=1S/C23H36FN5O4.ClH/c1-23(2,3)18(25)22(33)29-9-13-11-6-12(14(24)7-11)16(13)17(29)21(32)28-15(19(26)30)8-10-4-5-27-20(10)31;/h10-18H,4-9,25H2,1-3H3,(H2,26,30)(H,27,31)(H,28,32);1H/t10-,11?,12?,13?,14?,15-,16?,17?,18+;/m0./s1. The third kappa shape index (κ3) is 4.63. The number of carbonyl (C=O) groups is 4. The molecule has 4 aliphatic rings. The summed E-state index contributed by atoms with van der Waals surface area (Å²) < 4.78 is 14.7. The second-order valence-corrected chi connectivity index (χ2v) is 11.4. The maximum Gasteiger partial charge on any atom is 0.243 e. The average Bonchev–Trinajstić information content (AvgIpc) is 3.47. The third-order valence-corrected chi connectivity index (χ3v) is 8.36. The molecular weight excluding hydrogens is 465 g/mol. The second kappa shape index (κ2) is 9.60. The zero-order chi connectivity index (χ0) is 24.2. The third-order valence-electron chi connectivity index (χ3n) is 8.36. The van der Waals surface area contributed by atoms with Crippen molar-refractivity contribution in [2.75, 3.05) is 13.1 Å². The lowest BCUT2D eigenvalue weighted by Crippen LogP contribution is -2.59. The lowest BCUT2D eigenvalue weighted by Gasteiger charge is -2.35. The minimum Gasteiger partial charge on any atom is -0.368 e. The van der Waals surface area contributed by atoms with E-state index in [1.807, 2.05) is 20.8 Å². The first-order valence-corrected chi connectivity index (χ1v) is 12.0. The second-order valence-electron chi connectivity index (χ2n) is 11.4. The summed E-state index contributed by atoms with van der Waals surface area (Å²) >= 11 is 0. The van der Waals surface area contributed by atoms with Crippen LogP contribution in [-0.2, 0) is 19.2 Å². The summed E-state index contributed by atoms with van der Waals surface area (Å²) in [5.41, 5.74) is 11.3. The summed E-state index contributed by atoms with van der Waals surface area (Å²) in [6, 6.07) is -2.76. The molecule has 2 bridgehead atoms. The summed E-state index contributed by atoms with van der Waals surface area (Å²) in [4.78, 5) is 52.5. The van der Waals surface area contributed by atoms with Crippen LogP contribution in [0.1, 0.15) is 46.5 Å². The van der Waals surface area contributed by atoms with Crippen molar-refractivity contribution < 1.29 is 23.6 Å². The van der Waals surface area contributed by atoms with Crippen molar-refractivity contribution in [2.24, 2.45) is 46.5 Å². The SMILES string of the molecule is CC(C)(C)[C@H](N)C(=O)N1CC2C3CC(F)C(C3)C2C1C(=O)N[C@@H](C[C@@H]1CCNC1=O)C(N)=O.Cl.